The number of hydrogen-bond donors (Lipinski definition) is 2. The highest BCUT2D eigenvalue weighted by molar-refractivity contribution is 7.13. The van der Waals surface area contributed by atoms with E-state index in [4.69, 9.17) is 14.2 Å². The van der Waals surface area contributed by atoms with Crippen molar-refractivity contribution in [3.05, 3.63) is 39.3 Å². The van der Waals surface area contributed by atoms with E-state index >= 15 is 0 Å². The average molecular weight is 435 g/mol. The molecule has 0 saturated heterocycles. The normalized spacial score (nSPS) is 12.3. The van der Waals surface area contributed by atoms with E-state index in [0.717, 1.165) is 22.1 Å². The molecule has 1 aromatic carbocycles. The molecule has 1 aromatic heterocycles. The van der Waals surface area contributed by atoms with Crippen molar-refractivity contribution in [1.82, 2.24) is 15.6 Å². The molecule has 0 aliphatic rings. The zero-order chi connectivity index (χ0) is 22.1. The number of esters is 1. The lowest BCUT2D eigenvalue weighted by Crippen LogP contribution is -2.38. The molecule has 8 nitrogen and oxygen atoms in total. The molecule has 2 N–H and O–H groups in total. The highest BCUT2D eigenvalue weighted by Crippen LogP contribution is 2.26. The van der Waals surface area contributed by atoms with Crippen molar-refractivity contribution in [2.45, 2.75) is 40.3 Å². The van der Waals surface area contributed by atoms with Crippen LogP contribution in [0.1, 0.15) is 52.7 Å². The molecule has 1 atom stereocenters. The molecule has 30 heavy (non-hydrogen) atoms. The minimum absolute atomic E-state index is 0.132. The van der Waals surface area contributed by atoms with Crippen LogP contribution in [0.2, 0.25) is 0 Å². The molecule has 0 amide bonds. The van der Waals surface area contributed by atoms with Crippen LogP contribution in [0, 0.1) is 6.92 Å². The number of carbonyl (C=O) groups is 1. The summed E-state index contributed by atoms with van der Waals surface area (Å²) < 4.78 is 15.8. The van der Waals surface area contributed by atoms with Gasteiger partial charge in [-0.25, -0.2) is 14.8 Å². The highest BCUT2D eigenvalue weighted by atomic mass is 32.1. The van der Waals surface area contributed by atoms with E-state index in [-0.39, 0.29) is 12.0 Å². The summed E-state index contributed by atoms with van der Waals surface area (Å²) in [5, 5.41) is 7.38. The minimum Gasteiger partial charge on any atom is -0.497 e. The summed E-state index contributed by atoms with van der Waals surface area (Å²) in [6.45, 7) is 9.07. The van der Waals surface area contributed by atoms with Gasteiger partial charge in [0.15, 0.2) is 5.96 Å². The number of nitrogens with one attached hydrogen (secondary N) is 2. The Bertz CT molecular complexity index is 882. The van der Waals surface area contributed by atoms with Gasteiger partial charge in [0.1, 0.15) is 21.4 Å². The van der Waals surface area contributed by atoms with Crippen LogP contribution >= 0.6 is 11.3 Å². The standard InChI is InChI=1S/C21H30N4O4S/c1-7-22-21(23-12-15-9-10-16(27-5)11-17(15)28-6)25-14(4)19-24-13(3)18(30-19)20(26)29-8-2/h9-11,14H,7-8,12H2,1-6H3,(H2,22,23,25). The predicted octanol–water partition coefficient (Wildman–Crippen LogP) is 3.46. The fourth-order valence-corrected chi connectivity index (χ4v) is 3.69. The van der Waals surface area contributed by atoms with E-state index in [9.17, 15) is 4.79 Å². The summed E-state index contributed by atoms with van der Waals surface area (Å²) >= 11 is 1.34. The summed E-state index contributed by atoms with van der Waals surface area (Å²) in [7, 11) is 3.24. The number of aliphatic imine (C=N–C) groups is 1. The van der Waals surface area contributed by atoms with Crippen LogP contribution in [0.5, 0.6) is 11.5 Å². The molecule has 0 fully saturated rings. The number of methoxy groups -OCH3 is 2. The van der Waals surface area contributed by atoms with Gasteiger partial charge in [0.25, 0.3) is 0 Å². The Labute approximate surface area is 181 Å². The topological polar surface area (TPSA) is 94.1 Å². The number of thiazole rings is 1. The number of benzene rings is 1. The Hall–Kier alpha value is -2.81. The first kappa shape index (κ1) is 23.5. The lowest BCUT2D eigenvalue weighted by atomic mass is 10.2. The Kier molecular flexibility index (Phi) is 8.91. The van der Waals surface area contributed by atoms with E-state index in [1.54, 1.807) is 21.1 Å². The van der Waals surface area contributed by atoms with Crippen LogP contribution < -0.4 is 20.1 Å². The van der Waals surface area contributed by atoms with Crippen molar-refractivity contribution < 1.29 is 19.0 Å². The molecule has 1 heterocycles. The number of rotatable bonds is 9. The van der Waals surface area contributed by atoms with Gasteiger partial charge in [0, 0.05) is 18.2 Å². The highest BCUT2D eigenvalue weighted by Gasteiger charge is 2.20. The van der Waals surface area contributed by atoms with Crippen LogP contribution in [0.4, 0.5) is 0 Å². The first-order valence-electron chi connectivity index (χ1n) is 9.83. The summed E-state index contributed by atoms with van der Waals surface area (Å²) in [5.74, 6) is 1.76. The zero-order valence-corrected chi connectivity index (χ0v) is 19.2. The maximum Gasteiger partial charge on any atom is 0.350 e. The summed E-state index contributed by atoms with van der Waals surface area (Å²) in [6.07, 6.45) is 0. The SMILES string of the molecule is CCNC(=NCc1ccc(OC)cc1OC)NC(C)c1nc(C)c(C(=O)OCC)s1. The Morgan fingerprint density at radius 2 is 2.03 bits per heavy atom. The van der Waals surface area contributed by atoms with Gasteiger partial charge in [0.05, 0.1) is 39.1 Å². The number of ether oxygens (including phenoxy) is 3. The first-order chi connectivity index (χ1) is 14.4. The van der Waals surface area contributed by atoms with Gasteiger partial charge in [0.2, 0.25) is 0 Å². The van der Waals surface area contributed by atoms with Crippen LogP contribution in [0.15, 0.2) is 23.2 Å². The van der Waals surface area contributed by atoms with Crippen molar-refractivity contribution >= 4 is 23.3 Å². The second-order valence-electron chi connectivity index (χ2n) is 6.43. The molecule has 0 aliphatic carbocycles. The molecule has 0 radical (unpaired) electrons. The number of aryl methyl sites for hydroxylation is 1. The zero-order valence-electron chi connectivity index (χ0n) is 18.4. The van der Waals surface area contributed by atoms with Gasteiger partial charge in [-0.2, -0.15) is 0 Å². The fourth-order valence-electron chi connectivity index (χ4n) is 2.72. The number of aromatic nitrogens is 1. The third kappa shape index (κ3) is 6.09. The molecule has 0 saturated carbocycles. The van der Waals surface area contributed by atoms with Crippen LogP contribution in [-0.2, 0) is 11.3 Å². The molecule has 9 heteroatoms. The minimum atomic E-state index is -0.335. The monoisotopic (exact) mass is 434 g/mol. The maximum atomic E-state index is 12.1. The Morgan fingerprint density at radius 1 is 1.27 bits per heavy atom. The van der Waals surface area contributed by atoms with E-state index in [1.807, 2.05) is 39.0 Å². The molecular weight excluding hydrogens is 404 g/mol. The van der Waals surface area contributed by atoms with Gasteiger partial charge in [-0.1, -0.05) is 0 Å². The van der Waals surface area contributed by atoms with Gasteiger partial charge < -0.3 is 24.8 Å². The third-order valence-electron chi connectivity index (χ3n) is 4.24. The van der Waals surface area contributed by atoms with Crippen molar-refractivity contribution in [2.24, 2.45) is 4.99 Å². The van der Waals surface area contributed by atoms with Crippen LogP contribution in [-0.4, -0.2) is 44.3 Å². The molecule has 1 unspecified atom stereocenters. The quantitative estimate of drug-likeness (QED) is 0.355. The van der Waals surface area contributed by atoms with Gasteiger partial charge >= 0.3 is 5.97 Å². The number of nitrogens with zero attached hydrogens (tertiary/aromatic N) is 2. The second kappa shape index (κ2) is 11.4. The molecule has 2 aromatic rings. The largest absolute Gasteiger partial charge is 0.497 e. The maximum absolute atomic E-state index is 12.1. The predicted molar refractivity (Wildman–Crippen MR) is 119 cm³/mol. The lowest BCUT2D eigenvalue weighted by Gasteiger charge is -2.16. The Balaban J connectivity index is 2.15. The van der Waals surface area contributed by atoms with E-state index in [1.165, 1.54) is 11.3 Å². The summed E-state index contributed by atoms with van der Waals surface area (Å²) in [4.78, 5) is 21.8. The fraction of sp³-hybridized carbons (Fsp3) is 0.476. The lowest BCUT2D eigenvalue weighted by molar-refractivity contribution is 0.0531. The van der Waals surface area contributed by atoms with Crippen molar-refractivity contribution in [2.75, 3.05) is 27.4 Å². The molecular formula is C21H30N4O4S. The molecule has 0 aliphatic heterocycles. The molecule has 0 spiro atoms. The van der Waals surface area contributed by atoms with Crippen molar-refractivity contribution in [3.63, 3.8) is 0 Å². The molecule has 164 valence electrons. The smallest absolute Gasteiger partial charge is 0.350 e. The van der Waals surface area contributed by atoms with Crippen LogP contribution in [0.3, 0.4) is 0 Å². The van der Waals surface area contributed by atoms with Gasteiger partial charge in [-0.05, 0) is 39.8 Å². The number of carbonyl (C=O) groups excluding carboxylic acids is 1. The van der Waals surface area contributed by atoms with Crippen molar-refractivity contribution in [1.29, 1.82) is 0 Å². The van der Waals surface area contributed by atoms with Gasteiger partial charge in [-0.3, -0.25) is 0 Å². The number of guanidine groups is 1. The molecule has 0 bridgehead atoms. The molecule has 2 rings (SSSR count). The third-order valence-corrected chi connectivity index (χ3v) is 5.56. The van der Waals surface area contributed by atoms with E-state index < -0.39 is 0 Å². The van der Waals surface area contributed by atoms with E-state index in [0.29, 0.717) is 36.2 Å². The van der Waals surface area contributed by atoms with Crippen molar-refractivity contribution in [3.8, 4) is 11.5 Å². The second-order valence-corrected chi connectivity index (χ2v) is 7.46. The van der Waals surface area contributed by atoms with E-state index in [2.05, 4.69) is 20.6 Å². The average Bonchev–Trinajstić information content (AvgIpc) is 3.14. The Morgan fingerprint density at radius 3 is 2.67 bits per heavy atom. The summed E-state index contributed by atoms with van der Waals surface area (Å²) in [6, 6.07) is 5.52. The summed E-state index contributed by atoms with van der Waals surface area (Å²) in [5.41, 5.74) is 1.62. The van der Waals surface area contributed by atoms with Gasteiger partial charge in [-0.15, -0.1) is 11.3 Å². The number of hydrogen-bond acceptors (Lipinski definition) is 7. The first-order valence-corrected chi connectivity index (χ1v) is 10.6. The van der Waals surface area contributed by atoms with Crippen LogP contribution in [0.25, 0.3) is 0 Å².